The van der Waals surface area contributed by atoms with Crippen molar-refractivity contribution in [1.29, 1.82) is 0 Å². The van der Waals surface area contributed by atoms with Crippen molar-refractivity contribution in [1.82, 2.24) is 10.2 Å². The van der Waals surface area contributed by atoms with E-state index < -0.39 is 0 Å². The van der Waals surface area contributed by atoms with Gasteiger partial charge in [0.1, 0.15) is 0 Å². The summed E-state index contributed by atoms with van der Waals surface area (Å²) in [4.78, 5) is 2.61. The van der Waals surface area contributed by atoms with E-state index in [2.05, 4.69) is 37.9 Å². The molecule has 0 amide bonds. The van der Waals surface area contributed by atoms with Gasteiger partial charge in [-0.3, -0.25) is 4.90 Å². The number of rotatable bonds is 7. The van der Waals surface area contributed by atoms with Gasteiger partial charge in [0.15, 0.2) is 0 Å². The van der Waals surface area contributed by atoms with Gasteiger partial charge in [0, 0.05) is 31.2 Å². The van der Waals surface area contributed by atoms with Crippen molar-refractivity contribution in [2.24, 2.45) is 11.3 Å². The Morgan fingerprint density at radius 1 is 1.24 bits per heavy atom. The van der Waals surface area contributed by atoms with Gasteiger partial charge in [0.25, 0.3) is 0 Å². The molecular weight excluding hydrogens is 212 g/mol. The van der Waals surface area contributed by atoms with E-state index in [0.717, 1.165) is 13.1 Å². The molecule has 1 rings (SSSR count). The minimum Gasteiger partial charge on any atom is -0.396 e. The van der Waals surface area contributed by atoms with Gasteiger partial charge in [-0.2, -0.15) is 0 Å². The van der Waals surface area contributed by atoms with E-state index in [9.17, 15) is 5.11 Å². The molecule has 0 aromatic rings. The van der Waals surface area contributed by atoms with Crippen molar-refractivity contribution < 1.29 is 5.11 Å². The van der Waals surface area contributed by atoms with Crippen molar-refractivity contribution in [2.75, 3.05) is 32.8 Å². The van der Waals surface area contributed by atoms with Crippen molar-refractivity contribution in [3.05, 3.63) is 0 Å². The summed E-state index contributed by atoms with van der Waals surface area (Å²) in [6, 6.07) is 0.645. The van der Waals surface area contributed by atoms with E-state index in [-0.39, 0.29) is 12.0 Å². The summed E-state index contributed by atoms with van der Waals surface area (Å²) in [6.45, 7) is 13.5. The maximum Gasteiger partial charge on any atom is 0.0494 e. The minimum absolute atomic E-state index is 0.00740. The second-order valence-corrected chi connectivity index (χ2v) is 6.51. The molecule has 3 heteroatoms. The average molecular weight is 242 g/mol. The molecule has 102 valence electrons. The topological polar surface area (TPSA) is 35.5 Å². The minimum atomic E-state index is -0.00740. The molecule has 2 N–H and O–H groups in total. The molecule has 1 aliphatic rings. The lowest BCUT2D eigenvalue weighted by Crippen LogP contribution is -2.46. The predicted molar refractivity (Wildman–Crippen MR) is 73.2 cm³/mol. The van der Waals surface area contributed by atoms with Crippen LogP contribution in [0, 0.1) is 11.3 Å². The van der Waals surface area contributed by atoms with E-state index in [1.807, 2.05) is 0 Å². The fourth-order valence-corrected chi connectivity index (χ4v) is 2.47. The Morgan fingerprint density at radius 2 is 1.82 bits per heavy atom. The Balaban J connectivity index is 2.34. The van der Waals surface area contributed by atoms with Crippen LogP contribution in [0.15, 0.2) is 0 Å². The molecule has 1 atom stereocenters. The molecule has 0 aliphatic carbocycles. The molecule has 0 aromatic carbocycles. The standard InChI is InChI=1S/C14H30N2O/c1-12(2)13(16-7-5-6-8-16)9-15-10-14(3,4)11-17/h12-13,15,17H,5-11H2,1-4H3. The van der Waals surface area contributed by atoms with Gasteiger partial charge in [0.2, 0.25) is 0 Å². The van der Waals surface area contributed by atoms with Gasteiger partial charge >= 0.3 is 0 Å². The third kappa shape index (κ3) is 4.94. The first-order chi connectivity index (χ1) is 7.96. The lowest BCUT2D eigenvalue weighted by molar-refractivity contribution is 0.143. The summed E-state index contributed by atoms with van der Waals surface area (Å²) in [5, 5.41) is 12.8. The third-order valence-electron chi connectivity index (χ3n) is 3.76. The zero-order chi connectivity index (χ0) is 12.9. The predicted octanol–water partition coefficient (Wildman–Crippen LogP) is 1.71. The summed E-state index contributed by atoms with van der Waals surface area (Å²) >= 11 is 0. The number of aliphatic hydroxyl groups excluding tert-OH is 1. The summed E-state index contributed by atoms with van der Waals surface area (Å²) in [5.74, 6) is 0.692. The highest BCUT2D eigenvalue weighted by Gasteiger charge is 2.25. The maximum absolute atomic E-state index is 9.23. The first-order valence-electron chi connectivity index (χ1n) is 7.02. The summed E-state index contributed by atoms with van der Waals surface area (Å²) < 4.78 is 0. The summed E-state index contributed by atoms with van der Waals surface area (Å²) in [5.41, 5.74) is -0.00740. The van der Waals surface area contributed by atoms with E-state index in [0.29, 0.717) is 12.0 Å². The number of hydrogen-bond donors (Lipinski definition) is 2. The molecule has 1 saturated heterocycles. The van der Waals surface area contributed by atoms with Crippen LogP contribution >= 0.6 is 0 Å². The van der Waals surface area contributed by atoms with Crippen LogP contribution in [-0.4, -0.2) is 48.8 Å². The van der Waals surface area contributed by atoms with Crippen LogP contribution in [0.1, 0.15) is 40.5 Å². The van der Waals surface area contributed by atoms with E-state index in [1.165, 1.54) is 25.9 Å². The molecule has 0 saturated carbocycles. The smallest absolute Gasteiger partial charge is 0.0494 e. The van der Waals surface area contributed by atoms with E-state index >= 15 is 0 Å². The van der Waals surface area contributed by atoms with Gasteiger partial charge in [-0.25, -0.2) is 0 Å². The molecule has 0 radical (unpaired) electrons. The van der Waals surface area contributed by atoms with Crippen molar-refractivity contribution >= 4 is 0 Å². The first-order valence-corrected chi connectivity index (χ1v) is 7.02. The lowest BCUT2D eigenvalue weighted by Gasteiger charge is -2.32. The molecule has 1 aliphatic heterocycles. The van der Waals surface area contributed by atoms with Crippen molar-refractivity contribution in [2.45, 2.75) is 46.6 Å². The molecular formula is C14H30N2O. The lowest BCUT2D eigenvalue weighted by atomic mass is 9.94. The van der Waals surface area contributed by atoms with Crippen molar-refractivity contribution in [3.8, 4) is 0 Å². The van der Waals surface area contributed by atoms with Crippen LogP contribution in [0.5, 0.6) is 0 Å². The van der Waals surface area contributed by atoms with Crippen LogP contribution < -0.4 is 5.32 Å². The summed E-state index contributed by atoms with van der Waals surface area (Å²) in [7, 11) is 0. The highest BCUT2D eigenvalue weighted by molar-refractivity contribution is 4.81. The number of hydrogen-bond acceptors (Lipinski definition) is 3. The highest BCUT2D eigenvalue weighted by Crippen LogP contribution is 2.18. The fraction of sp³-hybridized carbons (Fsp3) is 1.00. The summed E-state index contributed by atoms with van der Waals surface area (Å²) in [6.07, 6.45) is 2.71. The van der Waals surface area contributed by atoms with Gasteiger partial charge in [-0.1, -0.05) is 27.7 Å². The molecule has 1 fully saturated rings. The Hall–Kier alpha value is -0.120. The van der Waals surface area contributed by atoms with Crippen LogP contribution in [-0.2, 0) is 0 Å². The zero-order valence-electron chi connectivity index (χ0n) is 12.0. The van der Waals surface area contributed by atoms with Gasteiger partial charge < -0.3 is 10.4 Å². The van der Waals surface area contributed by atoms with Crippen molar-refractivity contribution in [3.63, 3.8) is 0 Å². The molecule has 3 nitrogen and oxygen atoms in total. The third-order valence-corrected chi connectivity index (χ3v) is 3.76. The highest BCUT2D eigenvalue weighted by atomic mass is 16.3. The van der Waals surface area contributed by atoms with Gasteiger partial charge in [-0.05, 0) is 31.8 Å². The molecule has 1 unspecified atom stereocenters. The SMILES string of the molecule is CC(C)C(CNCC(C)(C)CO)N1CCCC1. The molecule has 1 heterocycles. The molecule has 0 aromatic heterocycles. The second-order valence-electron chi connectivity index (χ2n) is 6.51. The van der Waals surface area contributed by atoms with E-state index in [4.69, 9.17) is 0 Å². The zero-order valence-corrected chi connectivity index (χ0v) is 12.0. The number of nitrogens with zero attached hydrogens (tertiary/aromatic N) is 1. The molecule has 17 heavy (non-hydrogen) atoms. The Bertz CT molecular complexity index is 210. The number of aliphatic hydroxyl groups is 1. The van der Waals surface area contributed by atoms with Gasteiger partial charge in [0.05, 0.1) is 0 Å². The van der Waals surface area contributed by atoms with Crippen LogP contribution in [0.25, 0.3) is 0 Å². The average Bonchev–Trinajstić information content (AvgIpc) is 2.77. The van der Waals surface area contributed by atoms with Crippen LogP contribution in [0.3, 0.4) is 0 Å². The largest absolute Gasteiger partial charge is 0.396 e. The Morgan fingerprint density at radius 3 is 2.29 bits per heavy atom. The first kappa shape index (κ1) is 14.9. The Labute approximate surface area is 107 Å². The molecule has 0 spiro atoms. The molecule has 0 bridgehead atoms. The quantitative estimate of drug-likeness (QED) is 0.713. The number of nitrogens with one attached hydrogen (secondary N) is 1. The monoisotopic (exact) mass is 242 g/mol. The normalized spacial score (nSPS) is 20.1. The maximum atomic E-state index is 9.23. The van der Waals surface area contributed by atoms with Crippen LogP contribution in [0.2, 0.25) is 0 Å². The Kier molecular flexibility index (Phi) is 5.90. The fourth-order valence-electron chi connectivity index (χ4n) is 2.47. The van der Waals surface area contributed by atoms with Gasteiger partial charge in [-0.15, -0.1) is 0 Å². The second kappa shape index (κ2) is 6.72. The van der Waals surface area contributed by atoms with Crippen LogP contribution in [0.4, 0.5) is 0 Å². The number of likely N-dealkylation sites (tertiary alicyclic amines) is 1. The van der Waals surface area contributed by atoms with E-state index in [1.54, 1.807) is 0 Å².